The molecule has 0 saturated heterocycles. The summed E-state index contributed by atoms with van der Waals surface area (Å²) >= 11 is 6.15. The number of nitrogens with two attached hydrogens (primary N) is 1. The Morgan fingerprint density at radius 1 is 1.30 bits per heavy atom. The monoisotopic (exact) mass is 384 g/mol. The molecule has 3 aromatic rings. The predicted octanol–water partition coefficient (Wildman–Crippen LogP) is 2.85. The van der Waals surface area contributed by atoms with Crippen molar-refractivity contribution in [3.8, 4) is 0 Å². The summed E-state index contributed by atoms with van der Waals surface area (Å²) in [5, 5.41) is 17.8. The van der Waals surface area contributed by atoms with E-state index in [9.17, 15) is 9.90 Å². The van der Waals surface area contributed by atoms with Crippen molar-refractivity contribution >= 4 is 34.1 Å². The van der Waals surface area contributed by atoms with Gasteiger partial charge in [0, 0.05) is 28.7 Å². The van der Waals surface area contributed by atoms with Crippen molar-refractivity contribution in [2.75, 3.05) is 18.9 Å². The van der Waals surface area contributed by atoms with E-state index in [-0.39, 0.29) is 12.6 Å². The molecule has 1 amide bonds. The van der Waals surface area contributed by atoms with Crippen LogP contribution in [0.3, 0.4) is 0 Å². The number of hydrogen-bond donors (Lipinski definition) is 4. The van der Waals surface area contributed by atoms with E-state index in [4.69, 9.17) is 17.3 Å². The molecule has 0 bridgehead atoms. The molecule has 1 aromatic heterocycles. The van der Waals surface area contributed by atoms with Crippen LogP contribution in [0.15, 0.2) is 48.7 Å². The second-order valence-corrected chi connectivity index (χ2v) is 6.63. The average Bonchev–Trinajstić information content (AvgIpc) is 2.67. The minimum atomic E-state index is -0.544. The van der Waals surface area contributed by atoms with Crippen LogP contribution in [0.25, 0.3) is 10.9 Å². The van der Waals surface area contributed by atoms with Crippen molar-refractivity contribution in [3.63, 3.8) is 0 Å². The van der Waals surface area contributed by atoms with Crippen LogP contribution in [0.2, 0.25) is 5.02 Å². The average molecular weight is 385 g/mol. The van der Waals surface area contributed by atoms with Crippen LogP contribution in [0.5, 0.6) is 0 Å². The molecule has 2 aromatic carbocycles. The highest BCUT2D eigenvalue weighted by Crippen LogP contribution is 2.31. The summed E-state index contributed by atoms with van der Waals surface area (Å²) in [7, 11) is 1.86. The van der Waals surface area contributed by atoms with Gasteiger partial charge in [0.25, 0.3) is 5.91 Å². The zero-order chi connectivity index (χ0) is 19.4. The first-order valence-corrected chi connectivity index (χ1v) is 8.90. The number of primary amides is 1. The second kappa shape index (κ2) is 8.35. The zero-order valence-electron chi connectivity index (χ0n) is 14.9. The Labute approximate surface area is 162 Å². The molecule has 0 aliphatic carbocycles. The lowest BCUT2D eigenvalue weighted by Crippen LogP contribution is -2.24. The molecule has 140 valence electrons. The van der Waals surface area contributed by atoms with E-state index < -0.39 is 5.91 Å². The number of hydrogen-bond acceptors (Lipinski definition) is 5. The Morgan fingerprint density at radius 2 is 2.07 bits per heavy atom. The lowest BCUT2D eigenvalue weighted by molar-refractivity contribution is 0.100. The number of carbonyl (C=O) groups excluding carboxylic acids is 1. The summed E-state index contributed by atoms with van der Waals surface area (Å²) in [6.07, 6.45) is 1.56. The Kier molecular flexibility index (Phi) is 5.91. The fraction of sp³-hybridized carbons (Fsp3) is 0.200. The largest absolute Gasteiger partial charge is 0.392 e. The Morgan fingerprint density at radius 3 is 2.74 bits per heavy atom. The molecule has 0 unspecified atom stereocenters. The van der Waals surface area contributed by atoms with Crippen LogP contribution in [0.1, 0.15) is 27.5 Å². The highest BCUT2D eigenvalue weighted by Gasteiger charge is 2.18. The third kappa shape index (κ3) is 4.03. The first kappa shape index (κ1) is 19.1. The SMILES string of the molecule is CNC[C@@H](Nc1c(CO)cnc2c(C(N)=O)cccc12)c1cccc(Cl)c1. The van der Waals surface area contributed by atoms with E-state index in [1.54, 1.807) is 18.3 Å². The van der Waals surface area contributed by atoms with Gasteiger partial charge in [-0.05, 0) is 30.8 Å². The molecule has 0 saturated carbocycles. The van der Waals surface area contributed by atoms with Gasteiger partial charge in [0.05, 0.1) is 29.4 Å². The second-order valence-electron chi connectivity index (χ2n) is 6.19. The number of pyridine rings is 1. The van der Waals surface area contributed by atoms with Gasteiger partial charge in [-0.25, -0.2) is 0 Å². The number of amides is 1. The van der Waals surface area contributed by atoms with E-state index >= 15 is 0 Å². The number of nitrogens with one attached hydrogen (secondary N) is 2. The van der Waals surface area contributed by atoms with Gasteiger partial charge in [0.15, 0.2) is 0 Å². The van der Waals surface area contributed by atoms with Gasteiger partial charge in [-0.15, -0.1) is 0 Å². The summed E-state index contributed by atoms with van der Waals surface area (Å²) in [5.41, 5.74) is 8.67. The van der Waals surface area contributed by atoms with E-state index in [0.717, 1.165) is 10.9 Å². The summed E-state index contributed by atoms with van der Waals surface area (Å²) in [5.74, 6) is -0.544. The Hall–Kier alpha value is -2.67. The smallest absolute Gasteiger partial charge is 0.250 e. The number of rotatable bonds is 7. The third-order valence-corrected chi connectivity index (χ3v) is 4.62. The minimum Gasteiger partial charge on any atom is -0.392 e. The van der Waals surface area contributed by atoms with Gasteiger partial charge in [0.1, 0.15) is 0 Å². The van der Waals surface area contributed by atoms with Crippen LogP contribution in [0.4, 0.5) is 5.69 Å². The maximum absolute atomic E-state index is 11.8. The number of benzene rings is 2. The molecule has 6 nitrogen and oxygen atoms in total. The molecule has 0 fully saturated rings. The fourth-order valence-corrected chi connectivity index (χ4v) is 3.31. The molecule has 3 rings (SSSR count). The number of aliphatic hydroxyl groups excluding tert-OH is 1. The first-order valence-electron chi connectivity index (χ1n) is 8.53. The molecule has 0 radical (unpaired) electrons. The molecule has 27 heavy (non-hydrogen) atoms. The van der Waals surface area contributed by atoms with Crippen molar-refractivity contribution < 1.29 is 9.90 Å². The number of aromatic nitrogens is 1. The molecule has 1 atom stereocenters. The van der Waals surface area contributed by atoms with Crippen LogP contribution in [-0.2, 0) is 6.61 Å². The molecular weight excluding hydrogens is 364 g/mol. The summed E-state index contributed by atoms with van der Waals surface area (Å²) in [4.78, 5) is 16.1. The number of aliphatic hydroxyl groups is 1. The number of halogens is 1. The van der Waals surface area contributed by atoms with Gasteiger partial charge in [-0.1, -0.05) is 35.9 Å². The van der Waals surface area contributed by atoms with Gasteiger partial charge in [0.2, 0.25) is 0 Å². The van der Waals surface area contributed by atoms with E-state index in [2.05, 4.69) is 15.6 Å². The van der Waals surface area contributed by atoms with Crippen molar-refractivity contribution in [2.45, 2.75) is 12.6 Å². The zero-order valence-corrected chi connectivity index (χ0v) is 15.6. The normalized spacial score (nSPS) is 12.1. The highest BCUT2D eigenvalue weighted by molar-refractivity contribution is 6.30. The van der Waals surface area contributed by atoms with Crippen molar-refractivity contribution in [1.29, 1.82) is 0 Å². The Balaban J connectivity index is 2.13. The van der Waals surface area contributed by atoms with Crippen molar-refractivity contribution in [2.24, 2.45) is 5.73 Å². The summed E-state index contributed by atoms with van der Waals surface area (Å²) in [6.45, 7) is 0.443. The topological polar surface area (TPSA) is 100 Å². The molecule has 0 spiro atoms. The van der Waals surface area contributed by atoms with Crippen LogP contribution in [0, 0.1) is 0 Å². The van der Waals surface area contributed by atoms with Gasteiger partial charge >= 0.3 is 0 Å². The minimum absolute atomic E-state index is 0.109. The van der Waals surface area contributed by atoms with E-state index in [1.165, 1.54) is 0 Å². The van der Waals surface area contributed by atoms with E-state index in [1.807, 2.05) is 37.4 Å². The van der Waals surface area contributed by atoms with Gasteiger partial charge in [-0.2, -0.15) is 0 Å². The molecule has 5 N–H and O–H groups in total. The number of para-hydroxylation sites is 1. The number of fused-ring (bicyclic) bond motifs is 1. The molecule has 1 heterocycles. The summed E-state index contributed by atoms with van der Waals surface area (Å²) < 4.78 is 0. The van der Waals surface area contributed by atoms with E-state index in [0.29, 0.717) is 33.9 Å². The lowest BCUT2D eigenvalue weighted by Gasteiger charge is -2.23. The highest BCUT2D eigenvalue weighted by atomic mass is 35.5. The summed E-state index contributed by atoms with van der Waals surface area (Å²) in [6, 6.07) is 12.7. The first-order chi connectivity index (χ1) is 13.0. The molecule has 7 heteroatoms. The van der Waals surface area contributed by atoms with Crippen molar-refractivity contribution in [3.05, 3.63) is 70.4 Å². The number of nitrogens with zero attached hydrogens (tertiary/aromatic N) is 1. The maximum Gasteiger partial charge on any atom is 0.250 e. The maximum atomic E-state index is 11.8. The Bertz CT molecular complexity index is 977. The van der Waals surface area contributed by atoms with Crippen LogP contribution >= 0.6 is 11.6 Å². The quantitative estimate of drug-likeness (QED) is 0.502. The molecule has 0 aliphatic heterocycles. The standard InChI is InChI=1S/C20H21ClN4O2/c1-23-10-17(12-4-2-5-14(21)8-12)25-18-13(11-26)9-24-19-15(18)6-3-7-16(19)20(22)27/h2-9,17,23,26H,10-11H2,1H3,(H2,22,27)(H,24,25)/t17-/m1/s1. The lowest BCUT2D eigenvalue weighted by atomic mass is 10.0. The number of anilines is 1. The van der Waals surface area contributed by atoms with Gasteiger partial charge in [-0.3, -0.25) is 9.78 Å². The number of carbonyl (C=O) groups is 1. The van der Waals surface area contributed by atoms with Crippen LogP contribution in [-0.4, -0.2) is 29.6 Å². The molecular formula is C20H21ClN4O2. The third-order valence-electron chi connectivity index (χ3n) is 4.39. The van der Waals surface area contributed by atoms with Crippen LogP contribution < -0.4 is 16.4 Å². The molecule has 0 aliphatic rings. The van der Waals surface area contributed by atoms with Gasteiger partial charge < -0.3 is 21.5 Å². The number of likely N-dealkylation sites (N-methyl/N-ethyl adjacent to an activating group) is 1. The fourth-order valence-electron chi connectivity index (χ4n) is 3.11. The van der Waals surface area contributed by atoms with Crippen molar-refractivity contribution in [1.82, 2.24) is 10.3 Å². The predicted molar refractivity (Wildman–Crippen MR) is 108 cm³/mol.